The number of rotatable bonds is 2. The number of hydrogen-bond acceptors (Lipinski definition) is 1. The molecule has 0 spiro atoms. The van der Waals surface area contributed by atoms with Crippen LogP contribution in [-0.2, 0) is 6.42 Å². The number of phenols is 1. The Hall–Kier alpha value is -1.42. The Morgan fingerprint density at radius 2 is 2.23 bits per heavy atom. The molecule has 1 heteroatoms. The second-order valence-corrected chi connectivity index (χ2v) is 3.39. The second kappa shape index (κ2) is 4.00. The standard InChI is InChI=1S/C12H14O/c1-4-9(2)7-11-5-6-12(13)10(3)8-11/h1,5-6,8-9,13H,7H2,2-3H3. The van der Waals surface area contributed by atoms with E-state index in [1.165, 1.54) is 5.56 Å². The van der Waals surface area contributed by atoms with E-state index in [1.807, 2.05) is 26.0 Å². The molecule has 1 N–H and O–H groups in total. The quantitative estimate of drug-likeness (QED) is 0.683. The Kier molecular flexibility index (Phi) is 2.97. The number of terminal acetylenes is 1. The van der Waals surface area contributed by atoms with Gasteiger partial charge < -0.3 is 5.11 Å². The van der Waals surface area contributed by atoms with E-state index >= 15 is 0 Å². The molecule has 0 radical (unpaired) electrons. The van der Waals surface area contributed by atoms with Crippen LogP contribution in [-0.4, -0.2) is 5.11 Å². The average molecular weight is 174 g/mol. The highest BCUT2D eigenvalue weighted by atomic mass is 16.3. The summed E-state index contributed by atoms with van der Waals surface area (Å²) in [6, 6.07) is 5.60. The van der Waals surface area contributed by atoms with Crippen molar-refractivity contribution in [2.45, 2.75) is 20.3 Å². The summed E-state index contributed by atoms with van der Waals surface area (Å²) < 4.78 is 0. The van der Waals surface area contributed by atoms with Crippen molar-refractivity contribution in [3.05, 3.63) is 29.3 Å². The van der Waals surface area contributed by atoms with E-state index in [2.05, 4.69) is 5.92 Å². The lowest BCUT2D eigenvalue weighted by atomic mass is 10.0. The lowest BCUT2D eigenvalue weighted by Gasteiger charge is -2.06. The molecule has 0 heterocycles. The number of aromatic hydroxyl groups is 1. The molecule has 0 aromatic heterocycles. The topological polar surface area (TPSA) is 20.2 Å². The van der Waals surface area contributed by atoms with E-state index < -0.39 is 0 Å². The molecule has 1 nitrogen and oxygen atoms in total. The zero-order valence-corrected chi connectivity index (χ0v) is 8.04. The van der Waals surface area contributed by atoms with Crippen LogP contribution in [0.15, 0.2) is 18.2 Å². The first-order valence-corrected chi connectivity index (χ1v) is 4.38. The van der Waals surface area contributed by atoms with Crippen molar-refractivity contribution in [2.75, 3.05) is 0 Å². The van der Waals surface area contributed by atoms with Crippen LogP contribution in [0, 0.1) is 25.2 Å². The van der Waals surface area contributed by atoms with Gasteiger partial charge in [0.2, 0.25) is 0 Å². The zero-order valence-electron chi connectivity index (χ0n) is 8.04. The molecule has 1 rings (SSSR count). The fraction of sp³-hybridized carbons (Fsp3) is 0.333. The van der Waals surface area contributed by atoms with Gasteiger partial charge in [0.15, 0.2) is 0 Å². The van der Waals surface area contributed by atoms with E-state index in [-0.39, 0.29) is 5.92 Å². The van der Waals surface area contributed by atoms with E-state index in [9.17, 15) is 5.11 Å². The summed E-state index contributed by atoms with van der Waals surface area (Å²) in [6.45, 7) is 3.90. The van der Waals surface area contributed by atoms with Crippen LogP contribution in [0.5, 0.6) is 5.75 Å². The molecule has 0 aliphatic heterocycles. The summed E-state index contributed by atoms with van der Waals surface area (Å²) in [5.74, 6) is 3.28. The van der Waals surface area contributed by atoms with Crippen LogP contribution in [0.4, 0.5) is 0 Å². The van der Waals surface area contributed by atoms with Gasteiger partial charge in [-0.15, -0.1) is 12.3 Å². The van der Waals surface area contributed by atoms with Gasteiger partial charge in [-0.3, -0.25) is 0 Å². The fourth-order valence-corrected chi connectivity index (χ4v) is 1.26. The molecule has 0 aliphatic rings. The second-order valence-electron chi connectivity index (χ2n) is 3.39. The molecule has 0 bridgehead atoms. The van der Waals surface area contributed by atoms with E-state index in [4.69, 9.17) is 6.42 Å². The van der Waals surface area contributed by atoms with Gasteiger partial charge >= 0.3 is 0 Å². The SMILES string of the molecule is C#CC(C)Cc1ccc(O)c(C)c1. The van der Waals surface area contributed by atoms with Crippen LogP contribution >= 0.6 is 0 Å². The molecule has 0 aliphatic carbocycles. The van der Waals surface area contributed by atoms with E-state index in [1.54, 1.807) is 6.07 Å². The third-order valence-electron chi connectivity index (χ3n) is 2.09. The molecule has 0 fully saturated rings. The van der Waals surface area contributed by atoms with Gasteiger partial charge in [0.1, 0.15) is 5.75 Å². The number of aryl methyl sites for hydroxylation is 1. The summed E-state index contributed by atoms with van der Waals surface area (Å²) in [5.41, 5.74) is 2.09. The molecule has 0 amide bonds. The first-order chi connectivity index (χ1) is 6.13. The van der Waals surface area contributed by atoms with Crippen molar-refractivity contribution in [1.29, 1.82) is 0 Å². The Bertz CT molecular complexity index is 333. The maximum Gasteiger partial charge on any atom is 0.118 e. The Labute approximate surface area is 79.4 Å². The van der Waals surface area contributed by atoms with Crippen molar-refractivity contribution in [3.63, 3.8) is 0 Å². The molecular weight excluding hydrogens is 160 g/mol. The van der Waals surface area contributed by atoms with Gasteiger partial charge in [-0.25, -0.2) is 0 Å². The highest BCUT2D eigenvalue weighted by Crippen LogP contribution is 2.18. The summed E-state index contributed by atoms with van der Waals surface area (Å²) in [6.07, 6.45) is 6.16. The van der Waals surface area contributed by atoms with Crippen LogP contribution < -0.4 is 0 Å². The molecule has 0 saturated carbocycles. The van der Waals surface area contributed by atoms with Crippen molar-refractivity contribution in [3.8, 4) is 18.1 Å². The van der Waals surface area contributed by atoms with Crippen LogP contribution in [0.1, 0.15) is 18.1 Å². The third kappa shape index (κ3) is 2.52. The van der Waals surface area contributed by atoms with E-state index in [0.717, 1.165) is 12.0 Å². The molecule has 1 unspecified atom stereocenters. The smallest absolute Gasteiger partial charge is 0.118 e. The van der Waals surface area contributed by atoms with Gasteiger partial charge in [0.25, 0.3) is 0 Å². The lowest BCUT2D eigenvalue weighted by molar-refractivity contribution is 0.470. The molecule has 0 saturated heterocycles. The highest BCUT2D eigenvalue weighted by Gasteiger charge is 2.01. The minimum atomic E-state index is 0.254. The maximum absolute atomic E-state index is 9.29. The largest absolute Gasteiger partial charge is 0.508 e. The summed E-state index contributed by atoms with van der Waals surface area (Å²) in [5, 5.41) is 9.29. The Morgan fingerprint density at radius 1 is 1.54 bits per heavy atom. The minimum Gasteiger partial charge on any atom is -0.508 e. The number of benzene rings is 1. The monoisotopic (exact) mass is 174 g/mol. The van der Waals surface area contributed by atoms with Gasteiger partial charge in [-0.1, -0.05) is 19.1 Å². The van der Waals surface area contributed by atoms with Gasteiger partial charge in [0.05, 0.1) is 0 Å². The fourth-order valence-electron chi connectivity index (χ4n) is 1.26. The normalized spacial score (nSPS) is 12.1. The van der Waals surface area contributed by atoms with Gasteiger partial charge in [-0.05, 0) is 30.5 Å². The molecule has 68 valence electrons. The van der Waals surface area contributed by atoms with Crippen molar-refractivity contribution in [1.82, 2.24) is 0 Å². The van der Waals surface area contributed by atoms with Crippen LogP contribution in [0.2, 0.25) is 0 Å². The van der Waals surface area contributed by atoms with E-state index in [0.29, 0.717) is 5.75 Å². The van der Waals surface area contributed by atoms with Crippen molar-refractivity contribution < 1.29 is 5.11 Å². The zero-order chi connectivity index (χ0) is 9.84. The summed E-state index contributed by atoms with van der Waals surface area (Å²) >= 11 is 0. The minimum absolute atomic E-state index is 0.254. The summed E-state index contributed by atoms with van der Waals surface area (Å²) in [4.78, 5) is 0. The van der Waals surface area contributed by atoms with Crippen LogP contribution in [0.3, 0.4) is 0 Å². The number of hydrogen-bond donors (Lipinski definition) is 1. The first-order valence-electron chi connectivity index (χ1n) is 4.38. The predicted octanol–water partition coefficient (Wildman–Crippen LogP) is 2.51. The predicted molar refractivity (Wildman–Crippen MR) is 54.5 cm³/mol. The van der Waals surface area contributed by atoms with Crippen LogP contribution in [0.25, 0.3) is 0 Å². The molecule has 13 heavy (non-hydrogen) atoms. The molecule has 1 atom stereocenters. The molecular formula is C12H14O. The Balaban J connectivity index is 2.81. The lowest BCUT2D eigenvalue weighted by Crippen LogP contribution is -1.96. The summed E-state index contributed by atoms with van der Waals surface area (Å²) in [7, 11) is 0. The molecule has 1 aromatic rings. The first kappa shape index (κ1) is 9.67. The highest BCUT2D eigenvalue weighted by molar-refractivity contribution is 5.35. The van der Waals surface area contributed by atoms with Crippen molar-refractivity contribution >= 4 is 0 Å². The average Bonchev–Trinajstić information content (AvgIpc) is 2.11. The van der Waals surface area contributed by atoms with Gasteiger partial charge in [-0.2, -0.15) is 0 Å². The molecule has 1 aromatic carbocycles. The van der Waals surface area contributed by atoms with Crippen molar-refractivity contribution in [2.24, 2.45) is 5.92 Å². The third-order valence-corrected chi connectivity index (χ3v) is 2.09. The Morgan fingerprint density at radius 3 is 2.77 bits per heavy atom. The van der Waals surface area contributed by atoms with Gasteiger partial charge in [0, 0.05) is 5.92 Å². The number of phenolic OH excluding ortho intramolecular Hbond substituents is 1. The maximum atomic E-state index is 9.29.